The molecule has 0 unspecified atom stereocenters. The third-order valence-corrected chi connectivity index (χ3v) is 4.94. The Morgan fingerprint density at radius 2 is 1.93 bits per heavy atom. The van der Waals surface area contributed by atoms with Crippen LogP contribution in [0.3, 0.4) is 0 Å². The Bertz CT molecular complexity index is 885. The van der Waals surface area contributed by atoms with Gasteiger partial charge in [-0.1, -0.05) is 24.3 Å². The molecule has 146 valence electrons. The van der Waals surface area contributed by atoms with Crippen LogP contribution in [-0.4, -0.2) is 44.7 Å². The molecule has 1 saturated heterocycles. The van der Waals surface area contributed by atoms with Gasteiger partial charge in [0, 0.05) is 13.0 Å². The average Bonchev–Trinajstić information content (AvgIpc) is 3.13. The quantitative estimate of drug-likeness (QED) is 0.856. The van der Waals surface area contributed by atoms with E-state index in [1.54, 1.807) is 18.1 Å². The van der Waals surface area contributed by atoms with Crippen LogP contribution in [-0.2, 0) is 9.59 Å². The van der Waals surface area contributed by atoms with E-state index in [1.807, 2.05) is 42.5 Å². The highest BCUT2D eigenvalue weighted by molar-refractivity contribution is 6.01. The Kier molecular flexibility index (Phi) is 5.06. The molecule has 2 amide bonds. The first-order chi connectivity index (χ1) is 13.7. The van der Waals surface area contributed by atoms with Gasteiger partial charge >= 0.3 is 0 Å². The fourth-order valence-corrected chi connectivity index (χ4v) is 3.49. The minimum Gasteiger partial charge on any atom is -0.495 e. The monoisotopic (exact) mass is 382 g/mol. The summed E-state index contributed by atoms with van der Waals surface area (Å²) in [5.74, 6) is 1.34. The van der Waals surface area contributed by atoms with Gasteiger partial charge in [0.05, 0.1) is 25.3 Å². The largest absolute Gasteiger partial charge is 0.495 e. The molecular formula is C21H22N2O5. The van der Waals surface area contributed by atoms with E-state index in [1.165, 1.54) is 0 Å². The minimum atomic E-state index is -0.408. The van der Waals surface area contributed by atoms with Gasteiger partial charge in [0.1, 0.15) is 18.5 Å². The summed E-state index contributed by atoms with van der Waals surface area (Å²) in [6, 6.07) is 14.8. The third-order valence-electron chi connectivity index (χ3n) is 4.94. The van der Waals surface area contributed by atoms with Crippen LogP contribution in [0.2, 0.25) is 0 Å². The highest BCUT2D eigenvalue weighted by Gasteiger charge is 2.36. The van der Waals surface area contributed by atoms with Crippen molar-refractivity contribution < 1.29 is 23.8 Å². The molecule has 0 spiro atoms. The van der Waals surface area contributed by atoms with Crippen LogP contribution in [0.5, 0.6) is 17.2 Å². The number of methoxy groups -OCH3 is 1. The standard InChI is InChI=1S/C21H22N2O5/c1-26-17-7-3-2-6-16(17)23-12-14(10-20(23)24)21(25)22-11-15-13-27-18-8-4-5-9-19(18)28-15/h2-9,14-15H,10-13H2,1H3,(H,22,25)/t14-,15+/m1/s1. The maximum absolute atomic E-state index is 12.6. The van der Waals surface area contributed by atoms with Crippen molar-refractivity contribution in [1.82, 2.24) is 5.32 Å². The molecule has 2 aromatic rings. The molecule has 0 aromatic heterocycles. The lowest BCUT2D eigenvalue weighted by molar-refractivity contribution is -0.126. The summed E-state index contributed by atoms with van der Waals surface area (Å²) in [4.78, 5) is 26.7. The number of carbonyl (C=O) groups is 2. The minimum absolute atomic E-state index is 0.0872. The number of anilines is 1. The Morgan fingerprint density at radius 3 is 2.75 bits per heavy atom. The van der Waals surface area contributed by atoms with Crippen LogP contribution in [0.4, 0.5) is 5.69 Å². The number of amides is 2. The van der Waals surface area contributed by atoms with Crippen LogP contribution in [0.1, 0.15) is 6.42 Å². The van der Waals surface area contributed by atoms with Gasteiger partial charge in [-0.15, -0.1) is 0 Å². The van der Waals surface area contributed by atoms with Gasteiger partial charge in [-0.3, -0.25) is 9.59 Å². The fourth-order valence-electron chi connectivity index (χ4n) is 3.49. The zero-order valence-corrected chi connectivity index (χ0v) is 15.6. The predicted molar refractivity (Wildman–Crippen MR) is 103 cm³/mol. The van der Waals surface area contributed by atoms with E-state index in [2.05, 4.69) is 5.32 Å². The molecule has 0 radical (unpaired) electrons. The molecule has 0 aliphatic carbocycles. The van der Waals surface area contributed by atoms with Crippen molar-refractivity contribution in [2.45, 2.75) is 12.5 Å². The Hall–Kier alpha value is -3.22. The fraction of sp³-hybridized carbons (Fsp3) is 0.333. The van der Waals surface area contributed by atoms with E-state index >= 15 is 0 Å². The third kappa shape index (κ3) is 3.60. The van der Waals surface area contributed by atoms with E-state index in [4.69, 9.17) is 14.2 Å². The second-order valence-electron chi connectivity index (χ2n) is 6.82. The lowest BCUT2D eigenvalue weighted by atomic mass is 10.1. The molecule has 2 heterocycles. The van der Waals surface area contributed by atoms with Crippen molar-refractivity contribution in [2.24, 2.45) is 5.92 Å². The average molecular weight is 382 g/mol. The van der Waals surface area contributed by atoms with Crippen LogP contribution in [0, 0.1) is 5.92 Å². The highest BCUT2D eigenvalue weighted by atomic mass is 16.6. The lowest BCUT2D eigenvalue weighted by Crippen LogP contribution is -2.43. The van der Waals surface area contributed by atoms with Gasteiger partial charge in [-0.2, -0.15) is 0 Å². The van der Waals surface area contributed by atoms with Crippen LogP contribution in [0.15, 0.2) is 48.5 Å². The van der Waals surface area contributed by atoms with Gasteiger partial charge in [0.2, 0.25) is 11.8 Å². The summed E-state index contributed by atoms with van der Waals surface area (Å²) in [5.41, 5.74) is 0.686. The second-order valence-corrected chi connectivity index (χ2v) is 6.82. The Labute approximate surface area is 163 Å². The first kappa shape index (κ1) is 18.2. The molecule has 7 heteroatoms. The zero-order valence-electron chi connectivity index (χ0n) is 15.6. The van der Waals surface area contributed by atoms with Crippen molar-refractivity contribution in [3.63, 3.8) is 0 Å². The number of rotatable bonds is 5. The molecule has 2 aromatic carbocycles. The van der Waals surface area contributed by atoms with E-state index < -0.39 is 5.92 Å². The maximum atomic E-state index is 12.6. The van der Waals surface area contributed by atoms with Gasteiger partial charge in [-0.05, 0) is 24.3 Å². The number of nitrogens with one attached hydrogen (secondary N) is 1. The molecule has 2 aliphatic heterocycles. The molecule has 4 rings (SSSR count). The SMILES string of the molecule is COc1ccccc1N1C[C@H](C(=O)NC[C@H]2COc3ccccc3O2)CC1=O. The van der Waals surface area contributed by atoms with Crippen molar-refractivity contribution >= 4 is 17.5 Å². The summed E-state index contributed by atoms with van der Waals surface area (Å²) >= 11 is 0. The molecule has 1 fully saturated rings. The van der Waals surface area contributed by atoms with Crippen molar-refractivity contribution in [3.05, 3.63) is 48.5 Å². The molecule has 0 bridgehead atoms. The molecule has 1 N–H and O–H groups in total. The summed E-state index contributed by atoms with van der Waals surface area (Å²) in [6.45, 7) is 1.02. The smallest absolute Gasteiger partial charge is 0.227 e. The molecule has 2 atom stereocenters. The highest BCUT2D eigenvalue weighted by Crippen LogP contribution is 2.33. The summed E-state index contributed by atoms with van der Waals surface area (Å²) in [6.07, 6.45) is -0.0874. The number of benzene rings is 2. The molecule has 7 nitrogen and oxygen atoms in total. The first-order valence-electron chi connectivity index (χ1n) is 9.25. The van der Waals surface area contributed by atoms with E-state index in [0.29, 0.717) is 42.6 Å². The maximum Gasteiger partial charge on any atom is 0.227 e. The van der Waals surface area contributed by atoms with Gasteiger partial charge < -0.3 is 24.4 Å². The molecule has 28 heavy (non-hydrogen) atoms. The Morgan fingerprint density at radius 1 is 1.18 bits per heavy atom. The van der Waals surface area contributed by atoms with E-state index in [0.717, 1.165) is 0 Å². The lowest BCUT2D eigenvalue weighted by Gasteiger charge is -2.26. The molecule has 2 aliphatic rings. The van der Waals surface area contributed by atoms with Gasteiger partial charge in [0.25, 0.3) is 0 Å². The Balaban J connectivity index is 1.34. The number of ether oxygens (including phenoxy) is 3. The van der Waals surface area contributed by atoms with Gasteiger partial charge in [0.15, 0.2) is 11.5 Å². The summed E-state index contributed by atoms with van der Waals surface area (Å²) in [7, 11) is 1.56. The molecular weight excluding hydrogens is 360 g/mol. The van der Waals surface area contributed by atoms with Crippen LogP contribution >= 0.6 is 0 Å². The van der Waals surface area contributed by atoms with E-state index in [-0.39, 0.29) is 24.3 Å². The number of fused-ring (bicyclic) bond motifs is 1. The number of carbonyl (C=O) groups excluding carboxylic acids is 2. The number of para-hydroxylation sites is 4. The predicted octanol–water partition coefficient (Wildman–Crippen LogP) is 2.00. The number of hydrogen-bond donors (Lipinski definition) is 1. The summed E-state index contributed by atoms with van der Waals surface area (Å²) < 4.78 is 16.8. The van der Waals surface area contributed by atoms with E-state index in [9.17, 15) is 9.59 Å². The zero-order chi connectivity index (χ0) is 19.5. The summed E-state index contributed by atoms with van der Waals surface area (Å²) in [5, 5.41) is 2.89. The van der Waals surface area contributed by atoms with Crippen molar-refractivity contribution in [1.29, 1.82) is 0 Å². The van der Waals surface area contributed by atoms with Crippen LogP contribution < -0.4 is 24.4 Å². The number of nitrogens with zero attached hydrogens (tertiary/aromatic N) is 1. The number of hydrogen-bond acceptors (Lipinski definition) is 5. The topological polar surface area (TPSA) is 77.1 Å². The van der Waals surface area contributed by atoms with Crippen LogP contribution in [0.25, 0.3) is 0 Å². The van der Waals surface area contributed by atoms with Crippen molar-refractivity contribution in [2.75, 3.05) is 31.7 Å². The molecule has 0 saturated carbocycles. The first-order valence-corrected chi connectivity index (χ1v) is 9.25. The van der Waals surface area contributed by atoms with Gasteiger partial charge in [-0.25, -0.2) is 0 Å². The second kappa shape index (κ2) is 7.80. The van der Waals surface area contributed by atoms with Crippen molar-refractivity contribution in [3.8, 4) is 17.2 Å². The normalized spacial score (nSPS) is 20.8.